The van der Waals surface area contributed by atoms with Gasteiger partial charge in [0, 0.05) is 50.3 Å². The molecule has 0 amide bonds. The van der Waals surface area contributed by atoms with Crippen LogP contribution in [0, 0.1) is 11.8 Å². The van der Waals surface area contributed by atoms with Crippen LogP contribution in [0.4, 0.5) is 5.69 Å². The van der Waals surface area contributed by atoms with E-state index in [1.807, 2.05) is 41.2 Å². The summed E-state index contributed by atoms with van der Waals surface area (Å²) in [6, 6.07) is 21.4. The van der Waals surface area contributed by atoms with E-state index in [1.54, 1.807) is 6.20 Å². The van der Waals surface area contributed by atoms with E-state index in [1.165, 1.54) is 38.0 Å². The summed E-state index contributed by atoms with van der Waals surface area (Å²) in [5.41, 5.74) is 3.41. The highest BCUT2D eigenvalue weighted by Gasteiger charge is 2.40. The Balaban J connectivity index is 1.07. The quantitative estimate of drug-likeness (QED) is 0.481. The molecule has 3 saturated heterocycles. The number of aromatic nitrogens is 2. The van der Waals surface area contributed by atoms with Gasteiger partial charge in [0.15, 0.2) is 5.11 Å². The first kappa shape index (κ1) is 23.0. The molecule has 0 aliphatic carbocycles. The van der Waals surface area contributed by atoms with Crippen LogP contribution < -0.4 is 10.6 Å². The summed E-state index contributed by atoms with van der Waals surface area (Å²) >= 11 is 5.58. The normalized spacial score (nSPS) is 23.7. The number of nitrogens with zero attached hydrogens (tertiary/aromatic N) is 4. The van der Waals surface area contributed by atoms with Gasteiger partial charge in [-0.15, -0.1) is 0 Å². The van der Waals surface area contributed by atoms with Crippen molar-refractivity contribution in [3.8, 4) is 5.69 Å². The number of piperidine rings is 3. The molecule has 0 saturated carbocycles. The second kappa shape index (κ2) is 10.7. The molecule has 6 rings (SSSR count). The highest BCUT2D eigenvalue weighted by atomic mass is 32.1. The number of fused-ring (bicyclic) bond motifs is 3. The molecule has 2 aromatic carbocycles. The van der Waals surface area contributed by atoms with Gasteiger partial charge in [-0.25, -0.2) is 4.68 Å². The lowest BCUT2D eigenvalue weighted by atomic mass is 9.75. The molecule has 34 heavy (non-hydrogen) atoms. The topological polar surface area (TPSA) is 48.4 Å². The molecule has 3 aliphatic heterocycles. The molecule has 3 fully saturated rings. The Bertz CT molecular complexity index is 1050. The predicted molar refractivity (Wildman–Crippen MR) is 142 cm³/mol. The van der Waals surface area contributed by atoms with Crippen molar-refractivity contribution in [2.45, 2.75) is 25.4 Å². The van der Waals surface area contributed by atoms with Crippen LogP contribution in [0.3, 0.4) is 0 Å². The van der Waals surface area contributed by atoms with Crippen molar-refractivity contribution in [1.29, 1.82) is 0 Å². The first-order valence-electron chi connectivity index (χ1n) is 12.3. The summed E-state index contributed by atoms with van der Waals surface area (Å²) in [5.74, 6) is 1.57. The van der Waals surface area contributed by atoms with Gasteiger partial charge in [0.05, 0.1) is 5.69 Å². The number of hydrogen-bond donors (Lipinski definition) is 2. The zero-order valence-corrected chi connectivity index (χ0v) is 20.6. The van der Waals surface area contributed by atoms with Crippen molar-refractivity contribution in [2.24, 2.45) is 11.8 Å². The van der Waals surface area contributed by atoms with Crippen LogP contribution in [0.1, 0.15) is 18.4 Å². The van der Waals surface area contributed by atoms with E-state index in [0.717, 1.165) is 36.3 Å². The molecule has 1 unspecified atom stereocenters. The average molecular weight is 475 g/mol. The summed E-state index contributed by atoms with van der Waals surface area (Å²) in [6.45, 7) is 5.51. The lowest BCUT2D eigenvalue weighted by Crippen LogP contribution is -2.58. The number of anilines is 1. The first-order chi connectivity index (χ1) is 16.6. The van der Waals surface area contributed by atoms with Gasteiger partial charge in [-0.2, -0.15) is 5.10 Å². The summed E-state index contributed by atoms with van der Waals surface area (Å²) < 4.78 is 1.85. The molecule has 0 spiro atoms. The van der Waals surface area contributed by atoms with Gasteiger partial charge in [0.25, 0.3) is 0 Å². The third kappa shape index (κ3) is 5.66. The summed E-state index contributed by atoms with van der Waals surface area (Å²) in [5, 5.41) is 11.7. The molecule has 3 aliphatic rings. The van der Waals surface area contributed by atoms with Crippen molar-refractivity contribution >= 4 is 23.0 Å². The Morgan fingerprint density at radius 3 is 2.65 bits per heavy atom. The van der Waals surface area contributed by atoms with Crippen LogP contribution in [0.2, 0.25) is 0 Å². The average Bonchev–Trinajstić information content (AvgIpc) is 3.39. The van der Waals surface area contributed by atoms with Crippen LogP contribution in [-0.2, 0) is 6.54 Å². The molecule has 3 aromatic rings. The Hall–Kier alpha value is -2.74. The highest BCUT2D eigenvalue weighted by molar-refractivity contribution is 7.80. The van der Waals surface area contributed by atoms with E-state index in [4.69, 9.17) is 12.2 Å². The standard InChI is InChI=1S/C27H34N6S/c1-31(18-21-6-3-2-4-7-21)19-23-20-32-15-12-22(23)16-26(32)17-28-27(34)30-24-8-10-25(11-9-24)33-14-5-13-29-33/h2-11,13-14,22-23,26H,12,15-20H2,1H3,(H2,28,30,34)/t22-,23+,26+/m0/s1. The molecule has 0 radical (unpaired) electrons. The molecular formula is C27H34N6S. The zero-order chi connectivity index (χ0) is 23.3. The van der Waals surface area contributed by atoms with E-state index in [0.29, 0.717) is 11.2 Å². The van der Waals surface area contributed by atoms with Gasteiger partial charge in [0.2, 0.25) is 0 Å². The second-order valence-corrected chi connectivity index (χ2v) is 10.1. The van der Waals surface area contributed by atoms with Crippen LogP contribution in [-0.4, -0.2) is 64.0 Å². The largest absolute Gasteiger partial charge is 0.361 e. The van der Waals surface area contributed by atoms with E-state index in [2.05, 4.69) is 62.9 Å². The van der Waals surface area contributed by atoms with Crippen LogP contribution in [0.5, 0.6) is 0 Å². The molecule has 2 N–H and O–H groups in total. The predicted octanol–water partition coefficient (Wildman–Crippen LogP) is 4.00. The molecule has 178 valence electrons. The Kier molecular flexibility index (Phi) is 7.23. The van der Waals surface area contributed by atoms with Gasteiger partial charge in [-0.3, -0.25) is 4.90 Å². The van der Waals surface area contributed by atoms with E-state index in [-0.39, 0.29) is 0 Å². The van der Waals surface area contributed by atoms with Crippen molar-refractivity contribution in [1.82, 2.24) is 24.9 Å². The monoisotopic (exact) mass is 474 g/mol. The molecule has 2 bridgehead atoms. The Morgan fingerprint density at radius 2 is 1.94 bits per heavy atom. The zero-order valence-electron chi connectivity index (χ0n) is 19.8. The summed E-state index contributed by atoms with van der Waals surface area (Å²) in [7, 11) is 2.26. The molecule has 4 heterocycles. The molecular weight excluding hydrogens is 440 g/mol. The second-order valence-electron chi connectivity index (χ2n) is 9.71. The minimum absolute atomic E-state index is 0.566. The van der Waals surface area contributed by atoms with Gasteiger partial charge in [-0.1, -0.05) is 30.3 Å². The molecule has 6 nitrogen and oxygen atoms in total. The minimum atomic E-state index is 0.566. The van der Waals surface area contributed by atoms with E-state index >= 15 is 0 Å². The fraction of sp³-hybridized carbons (Fsp3) is 0.407. The van der Waals surface area contributed by atoms with Crippen LogP contribution in [0.25, 0.3) is 5.69 Å². The highest BCUT2D eigenvalue weighted by Crippen LogP contribution is 2.36. The minimum Gasteiger partial charge on any atom is -0.361 e. The van der Waals surface area contributed by atoms with Crippen molar-refractivity contribution in [3.63, 3.8) is 0 Å². The third-order valence-electron chi connectivity index (χ3n) is 7.25. The van der Waals surface area contributed by atoms with Gasteiger partial charge >= 0.3 is 0 Å². The van der Waals surface area contributed by atoms with Crippen LogP contribution in [0.15, 0.2) is 73.1 Å². The summed E-state index contributed by atoms with van der Waals surface area (Å²) in [4.78, 5) is 5.17. The van der Waals surface area contributed by atoms with Crippen molar-refractivity contribution < 1.29 is 0 Å². The Morgan fingerprint density at radius 1 is 1.12 bits per heavy atom. The first-order valence-corrected chi connectivity index (χ1v) is 12.7. The van der Waals surface area contributed by atoms with Gasteiger partial charge in [0.1, 0.15) is 0 Å². The molecule has 7 heteroatoms. The maximum absolute atomic E-state index is 5.58. The lowest BCUT2D eigenvalue weighted by Gasteiger charge is -2.50. The maximum Gasteiger partial charge on any atom is 0.170 e. The van der Waals surface area contributed by atoms with Gasteiger partial charge in [-0.05, 0) is 86.4 Å². The van der Waals surface area contributed by atoms with Crippen LogP contribution >= 0.6 is 12.2 Å². The molecule has 1 aromatic heterocycles. The Labute approximate surface area is 207 Å². The third-order valence-corrected chi connectivity index (χ3v) is 7.49. The number of nitrogens with one attached hydrogen (secondary N) is 2. The lowest BCUT2D eigenvalue weighted by molar-refractivity contribution is -0.00845. The van der Waals surface area contributed by atoms with Crippen molar-refractivity contribution in [3.05, 3.63) is 78.6 Å². The smallest absolute Gasteiger partial charge is 0.170 e. The molecule has 4 atom stereocenters. The fourth-order valence-electron chi connectivity index (χ4n) is 5.53. The number of thiocarbonyl (C=S) groups is 1. The maximum atomic E-state index is 5.58. The van der Waals surface area contributed by atoms with Crippen molar-refractivity contribution in [2.75, 3.05) is 38.5 Å². The summed E-state index contributed by atoms with van der Waals surface area (Å²) in [6.07, 6.45) is 6.31. The fourth-order valence-corrected chi connectivity index (χ4v) is 5.73. The SMILES string of the molecule is CN(Cc1ccccc1)C[C@@H]1CN2CC[C@H]1C[C@@H]2CNC(=S)Nc1ccc(-n2cccn2)cc1. The van der Waals surface area contributed by atoms with Gasteiger partial charge < -0.3 is 15.5 Å². The van der Waals surface area contributed by atoms with E-state index in [9.17, 15) is 0 Å². The number of hydrogen-bond acceptors (Lipinski definition) is 4. The number of rotatable bonds is 8. The number of benzene rings is 2. The van der Waals surface area contributed by atoms with E-state index < -0.39 is 0 Å².